The molecule has 1 aliphatic rings. The molecule has 1 N–H and O–H groups in total. The van der Waals surface area contributed by atoms with Gasteiger partial charge in [-0.1, -0.05) is 6.07 Å². The van der Waals surface area contributed by atoms with E-state index in [0.29, 0.717) is 0 Å². The molecule has 1 aromatic rings. The molecule has 1 aromatic carbocycles. The number of methoxy groups -OCH3 is 1. The van der Waals surface area contributed by atoms with Crippen LogP contribution in [0.1, 0.15) is 10.4 Å². The number of hydrogen-bond acceptors (Lipinski definition) is 5. The number of carboxylic acid groups (broad SMARTS) is 1. The van der Waals surface area contributed by atoms with Crippen LogP contribution in [0, 0.1) is 16.0 Å². The van der Waals surface area contributed by atoms with Gasteiger partial charge in [-0.25, -0.2) is 0 Å². The summed E-state index contributed by atoms with van der Waals surface area (Å²) in [5.41, 5.74) is -0.237. The van der Waals surface area contributed by atoms with E-state index in [1.807, 2.05) is 0 Å². The Morgan fingerprint density at radius 2 is 2.10 bits per heavy atom. The van der Waals surface area contributed by atoms with Gasteiger partial charge in [-0.15, -0.1) is 0 Å². The van der Waals surface area contributed by atoms with Gasteiger partial charge in [0, 0.05) is 19.2 Å². The summed E-state index contributed by atoms with van der Waals surface area (Å²) in [4.78, 5) is 34.4. The molecule has 1 fully saturated rings. The van der Waals surface area contributed by atoms with Gasteiger partial charge < -0.3 is 14.7 Å². The standard InChI is InChI=1S/C12H12N2O6/c1-20-10-8(3-2-4-9(10)14(18)19)11(15)13-5-7(6-13)12(16)17/h2-4,7H,5-6H2,1H3,(H,16,17). The smallest absolute Gasteiger partial charge is 0.311 e. The number of hydrogen-bond donors (Lipinski definition) is 1. The molecule has 0 saturated carbocycles. The van der Waals surface area contributed by atoms with Crippen LogP contribution in [-0.4, -0.2) is 47.0 Å². The highest BCUT2D eigenvalue weighted by atomic mass is 16.6. The third kappa shape index (κ3) is 2.27. The lowest BCUT2D eigenvalue weighted by molar-refractivity contribution is -0.385. The number of nitrogens with zero attached hydrogens (tertiary/aromatic N) is 2. The SMILES string of the molecule is COc1c(C(=O)N2CC(C(=O)O)C2)cccc1[N+](=O)[O-]. The van der Waals surface area contributed by atoms with E-state index in [1.54, 1.807) is 0 Å². The molecule has 0 unspecified atom stereocenters. The van der Waals surface area contributed by atoms with Crippen molar-refractivity contribution in [1.29, 1.82) is 0 Å². The molecule has 1 saturated heterocycles. The average molecular weight is 280 g/mol. The van der Waals surface area contributed by atoms with Crippen LogP contribution in [0.2, 0.25) is 0 Å². The largest absolute Gasteiger partial charge is 0.490 e. The zero-order chi connectivity index (χ0) is 14.9. The van der Waals surface area contributed by atoms with E-state index in [2.05, 4.69) is 0 Å². The van der Waals surface area contributed by atoms with Gasteiger partial charge in [0.2, 0.25) is 5.75 Å². The fraction of sp³-hybridized carbons (Fsp3) is 0.333. The van der Waals surface area contributed by atoms with E-state index in [-0.39, 0.29) is 30.1 Å². The van der Waals surface area contributed by atoms with Gasteiger partial charge >= 0.3 is 11.7 Å². The minimum Gasteiger partial charge on any atom is -0.490 e. The van der Waals surface area contributed by atoms with Crippen molar-refractivity contribution in [3.05, 3.63) is 33.9 Å². The fourth-order valence-electron chi connectivity index (χ4n) is 2.02. The Hall–Kier alpha value is -2.64. The maximum absolute atomic E-state index is 12.2. The summed E-state index contributed by atoms with van der Waals surface area (Å²) in [5, 5.41) is 19.6. The molecule has 0 atom stereocenters. The molecule has 8 nitrogen and oxygen atoms in total. The normalized spacial score (nSPS) is 14.6. The Kier molecular flexibility index (Phi) is 3.55. The molecule has 0 radical (unpaired) electrons. The number of ether oxygens (including phenoxy) is 1. The topological polar surface area (TPSA) is 110 Å². The second-order valence-electron chi connectivity index (χ2n) is 4.36. The molecule has 0 bridgehead atoms. The Balaban J connectivity index is 2.25. The molecule has 106 valence electrons. The Morgan fingerprint density at radius 1 is 1.45 bits per heavy atom. The fourth-order valence-corrected chi connectivity index (χ4v) is 2.02. The van der Waals surface area contributed by atoms with Crippen molar-refractivity contribution in [2.24, 2.45) is 5.92 Å². The van der Waals surface area contributed by atoms with Crippen molar-refractivity contribution in [3.63, 3.8) is 0 Å². The highest BCUT2D eigenvalue weighted by Crippen LogP contribution is 2.32. The highest BCUT2D eigenvalue weighted by Gasteiger charge is 2.37. The maximum atomic E-state index is 12.2. The average Bonchev–Trinajstić information content (AvgIpc) is 2.35. The first kappa shape index (κ1) is 13.8. The van der Waals surface area contributed by atoms with Crippen LogP contribution in [0.4, 0.5) is 5.69 Å². The Bertz CT molecular complexity index is 579. The minimum atomic E-state index is -0.958. The number of rotatable bonds is 4. The van der Waals surface area contributed by atoms with Crippen LogP contribution in [-0.2, 0) is 4.79 Å². The van der Waals surface area contributed by atoms with Gasteiger partial charge in [0.1, 0.15) is 0 Å². The predicted octanol–water partition coefficient (Wildman–Crippen LogP) is 0.760. The molecular formula is C12H12N2O6. The number of amides is 1. The monoisotopic (exact) mass is 280 g/mol. The molecule has 0 spiro atoms. The van der Waals surface area contributed by atoms with E-state index >= 15 is 0 Å². The lowest BCUT2D eigenvalue weighted by Crippen LogP contribution is -2.53. The summed E-state index contributed by atoms with van der Waals surface area (Å²) in [6, 6.07) is 4.05. The zero-order valence-electron chi connectivity index (χ0n) is 10.6. The summed E-state index contributed by atoms with van der Waals surface area (Å²) in [7, 11) is 1.25. The van der Waals surface area contributed by atoms with Crippen LogP contribution in [0.5, 0.6) is 5.75 Å². The summed E-state index contributed by atoms with van der Waals surface area (Å²) >= 11 is 0. The third-order valence-electron chi connectivity index (χ3n) is 3.14. The number of aliphatic carboxylic acids is 1. The van der Waals surface area contributed by atoms with Gasteiger partial charge in [-0.2, -0.15) is 0 Å². The van der Waals surface area contributed by atoms with Crippen molar-refractivity contribution in [3.8, 4) is 5.75 Å². The number of nitro groups is 1. The van der Waals surface area contributed by atoms with Crippen LogP contribution in [0.25, 0.3) is 0 Å². The van der Waals surface area contributed by atoms with E-state index in [9.17, 15) is 19.7 Å². The van der Waals surface area contributed by atoms with E-state index in [0.717, 1.165) is 0 Å². The van der Waals surface area contributed by atoms with Crippen molar-refractivity contribution in [1.82, 2.24) is 4.90 Å². The molecule has 2 rings (SSSR count). The Morgan fingerprint density at radius 3 is 2.60 bits per heavy atom. The summed E-state index contributed by atoms with van der Waals surface area (Å²) in [5.74, 6) is -2.12. The van der Waals surface area contributed by atoms with Crippen molar-refractivity contribution >= 4 is 17.6 Å². The first-order valence-corrected chi connectivity index (χ1v) is 5.79. The number of carbonyl (C=O) groups is 2. The Labute approximate surface area is 113 Å². The van der Waals surface area contributed by atoms with Gasteiger partial charge in [0.15, 0.2) is 0 Å². The quantitative estimate of drug-likeness (QED) is 0.644. The first-order valence-electron chi connectivity index (χ1n) is 5.79. The molecular weight excluding hydrogens is 268 g/mol. The van der Waals surface area contributed by atoms with Crippen LogP contribution in [0.15, 0.2) is 18.2 Å². The second-order valence-corrected chi connectivity index (χ2v) is 4.36. The van der Waals surface area contributed by atoms with Crippen molar-refractivity contribution in [2.75, 3.05) is 20.2 Å². The lowest BCUT2D eigenvalue weighted by Gasteiger charge is -2.36. The van der Waals surface area contributed by atoms with Gasteiger partial charge in [-0.3, -0.25) is 19.7 Å². The van der Waals surface area contributed by atoms with E-state index < -0.39 is 22.7 Å². The van der Waals surface area contributed by atoms with E-state index in [4.69, 9.17) is 9.84 Å². The molecule has 0 aromatic heterocycles. The summed E-state index contributed by atoms with van der Waals surface area (Å²) in [6.45, 7) is 0.194. The van der Waals surface area contributed by atoms with Gasteiger partial charge in [-0.05, 0) is 6.07 Å². The third-order valence-corrected chi connectivity index (χ3v) is 3.14. The number of nitro benzene ring substituents is 1. The lowest BCUT2D eigenvalue weighted by atomic mass is 9.99. The van der Waals surface area contributed by atoms with E-state index in [1.165, 1.54) is 30.2 Å². The number of para-hydroxylation sites is 1. The number of carbonyl (C=O) groups excluding carboxylic acids is 1. The van der Waals surface area contributed by atoms with Crippen molar-refractivity contribution in [2.45, 2.75) is 0 Å². The van der Waals surface area contributed by atoms with Gasteiger partial charge in [0.05, 0.1) is 23.5 Å². The van der Waals surface area contributed by atoms with Crippen molar-refractivity contribution < 1.29 is 24.4 Å². The molecule has 1 amide bonds. The molecule has 0 aliphatic carbocycles. The molecule has 1 heterocycles. The molecule has 8 heteroatoms. The number of carboxylic acids is 1. The second kappa shape index (κ2) is 5.16. The van der Waals surface area contributed by atoms with Crippen LogP contribution in [0.3, 0.4) is 0 Å². The summed E-state index contributed by atoms with van der Waals surface area (Å²) < 4.78 is 4.95. The molecule has 20 heavy (non-hydrogen) atoms. The maximum Gasteiger partial charge on any atom is 0.311 e. The molecule has 1 aliphatic heterocycles. The first-order chi connectivity index (χ1) is 9.45. The highest BCUT2D eigenvalue weighted by molar-refractivity contribution is 5.99. The van der Waals surface area contributed by atoms with Gasteiger partial charge in [0.25, 0.3) is 5.91 Å². The van der Waals surface area contributed by atoms with Crippen LogP contribution >= 0.6 is 0 Å². The predicted molar refractivity (Wildman–Crippen MR) is 66.7 cm³/mol. The van der Waals surface area contributed by atoms with Crippen LogP contribution < -0.4 is 4.74 Å². The minimum absolute atomic E-state index is 0.0607. The zero-order valence-corrected chi connectivity index (χ0v) is 10.6. The number of benzene rings is 1. The number of likely N-dealkylation sites (tertiary alicyclic amines) is 1. The summed E-state index contributed by atoms with van der Waals surface area (Å²) in [6.07, 6.45) is 0.